The first-order valence-electron chi connectivity index (χ1n) is 2.83. The van der Waals surface area contributed by atoms with Crippen LogP contribution in [0.1, 0.15) is 13.8 Å². The van der Waals surface area contributed by atoms with Gasteiger partial charge in [0.05, 0.1) is 0 Å². The number of halogens is 1. The van der Waals surface area contributed by atoms with Crippen molar-refractivity contribution in [2.24, 2.45) is 5.92 Å². The minimum atomic E-state index is -1.21. The first-order chi connectivity index (χ1) is 3.66. The largest absolute Gasteiger partial charge is 0.455 e. The predicted molar refractivity (Wildman–Crippen MR) is 43.7 cm³/mol. The minimum absolute atomic E-state index is 0.707. The topological polar surface area (TPSA) is 9.23 Å². The van der Waals surface area contributed by atoms with E-state index in [0.29, 0.717) is 5.92 Å². The molecule has 1 nitrogen and oxygen atoms in total. The van der Waals surface area contributed by atoms with Gasteiger partial charge in [0.25, 0.3) is 8.35 Å². The van der Waals surface area contributed by atoms with E-state index in [-0.39, 0.29) is 0 Å². The van der Waals surface area contributed by atoms with Crippen LogP contribution in [0.2, 0.25) is 6.04 Å². The lowest BCUT2D eigenvalue weighted by molar-refractivity contribution is 0.616. The third kappa shape index (κ3) is 4.83. The van der Waals surface area contributed by atoms with Crippen LogP contribution in [0, 0.1) is 5.92 Å². The molecule has 1 atom stereocenters. The standard InChI is InChI=1S/C4H13ClOSi2/c1-4(2)3-8(5)6-7/h4,8H,3H2,1-2,7H3. The number of rotatable bonds is 3. The second kappa shape index (κ2) is 4.55. The Hall–Kier alpha value is 0.684. The van der Waals surface area contributed by atoms with Crippen LogP contribution in [-0.2, 0) is 4.12 Å². The highest BCUT2D eigenvalue weighted by molar-refractivity contribution is 7.04. The minimum Gasteiger partial charge on any atom is -0.455 e. The molecule has 0 aromatic carbocycles. The summed E-state index contributed by atoms with van der Waals surface area (Å²) < 4.78 is 5.10. The van der Waals surface area contributed by atoms with Crippen molar-refractivity contribution in [1.29, 1.82) is 0 Å². The van der Waals surface area contributed by atoms with Crippen molar-refractivity contribution in [2.45, 2.75) is 19.9 Å². The average molecular weight is 169 g/mol. The molecular formula is C4H13ClOSi2. The zero-order valence-corrected chi connectivity index (χ0v) is 9.56. The maximum Gasteiger partial charge on any atom is 0.263 e. The highest BCUT2D eigenvalue weighted by Crippen LogP contribution is 2.07. The fourth-order valence-corrected chi connectivity index (χ4v) is 3.05. The molecule has 1 unspecified atom stereocenters. The average Bonchev–Trinajstić information content (AvgIpc) is 1.65. The molecule has 0 fully saturated rings. The van der Waals surface area contributed by atoms with Gasteiger partial charge < -0.3 is 4.12 Å². The molecule has 0 amide bonds. The van der Waals surface area contributed by atoms with Gasteiger partial charge in [0.15, 0.2) is 0 Å². The monoisotopic (exact) mass is 168 g/mol. The molecule has 0 spiro atoms. The highest BCUT2D eigenvalue weighted by Gasteiger charge is 2.06. The van der Waals surface area contributed by atoms with Gasteiger partial charge in [-0.1, -0.05) is 13.8 Å². The van der Waals surface area contributed by atoms with E-state index in [2.05, 4.69) is 13.8 Å². The van der Waals surface area contributed by atoms with Gasteiger partial charge in [0.2, 0.25) is 0 Å². The molecule has 8 heavy (non-hydrogen) atoms. The first kappa shape index (κ1) is 8.68. The van der Waals surface area contributed by atoms with Gasteiger partial charge in [0, 0.05) is 0 Å². The summed E-state index contributed by atoms with van der Waals surface area (Å²) in [4.78, 5) is 0. The van der Waals surface area contributed by atoms with Crippen molar-refractivity contribution in [3.8, 4) is 0 Å². The van der Waals surface area contributed by atoms with E-state index in [1.807, 2.05) is 0 Å². The Kier molecular flexibility index (Phi) is 4.94. The second-order valence-corrected chi connectivity index (χ2v) is 6.91. The Balaban J connectivity index is 3.10. The molecule has 0 N–H and O–H groups in total. The molecule has 0 aliphatic carbocycles. The SMILES string of the molecule is CC(C)C[SiH](Cl)O[SiH3]. The summed E-state index contributed by atoms with van der Waals surface area (Å²) in [5.74, 6) is 0.707. The molecule has 0 aromatic rings. The van der Waals surface area contributed by atoms with E-state index in [9.17, 15) is 0 Å². The molecule has 0 aliphatic rings. The third-order valence-electron chi connectivity index (χ3n) is 0.912. The molecule has 0 bridgehead atoms. The summed E-state index contributed by atoms with van der Waals surface area (Å²) in [6.45, 7) is 4.34. The summed E-state index contributed by atoms with van der Waals surface area (Å²) in [7, 11) is -0.397. The van der Waals surface area contributed by atoms with Crippen molar-refractivity contribution in [1.82, 2.24) is 0 Å². The van der Waals surface area contributed by atoms with Crippen LogP contribution in [0.25, 0.3) is 0 Å². The van der Waals surface area contributed by atoms with Crippen LogP contribution in [0.5, 0.6) is 0 Å². The van der Waals surface area contributed by atoms with E-state index in [4.69, 9.17) is 15.2 Å². The highest BCUT2D eigenvalue weighted by atomic mass is 35.6. The summed E-state index contributed by atoms with van der Waals surface area (Å²) >= 11 is 5.81. The molecule has 0 radical (unpaired) electrons. The molecule has 0 aliphatic heterocycles. The zero-order chi connectivity index (χ0) is 6.57. The lowest BCUT2D eigenvalue weighted by Gasteiger charge is -2.06. The maximum absolute atomic E-state index is 5.81. The molecule has 0 heterocycles. The van der Waals surface area contributed by atoms with Gasteiger partial charge in [-0.3, -0.25) is 0 Å². The molecule has 0 saturated heterocycles. The number of hydrogen-bond acceptors (Lipinski definition) is 1. The fourth-order valence-electron chi connectivity index (χ4n) is 0.467. The second-order valence-electron chi connectivity index (χ2n) is 2.28. The van der Waals surface area contributed by atoms with E-state index < -0.39 is 8.35 Å². The van der Waals surface area contributed by atoms with E-state index in [0.717, 1.165) is 16.5 Å². The lowest BCUT2D eigenvalue weighted by Crippen LogP contribution is -2.10. The van der Waals surface area contributed by atoms with E-state index in [1.165, 1.54) is 0 Å². The third-order valence-corrected chi connectivity index (χ3v) is 6.41. The van der Waals surface area contributed by atoms with Gasteiger partial charge in [-0.05, 0) is 12.0 Å². The summed E-state index contributed by atoms with van der Waals surface area (Å²) in [6, 6.07) is 1.10. The first-order valence-corrected chi connectivity index (χ1v) is 6.68. The van der Waals surface area contributed by atoms with Crippen molar-refractivity contribution >= 4 is 29.9 Å². The van der Waals surface area contributed by atoms with Gasteiger partial charge in [-0.15, -0.1) is 11.1 Å². The Morgan fingerprint density at radius 1 is 1.75 bits per heavy atom. The van der Waals surface area contributed by atoms with E-state index >= 15 is 0 Å². The Labute approximate surface area is 60.4 Å². The van der Waals surface area contributed by atoms with Crippen LogP contribution in [0.4, 0.5) is 0 Å². The van der Waals surface area contributed by atoms with Crippen LogP contribution in [0.15, 0.2) is 0 Å². The van der Waals surface area contributed by atoms with Crippen molar-refractivity contribution < 1.29 is 4.12 Å². The smallest absolute Gasteiger partial charge is 0.263 e. The quantitative estimate of drug-likeness (QED) is 0.438. The van der Waals surface area contributed by atoms with Gasteiger partial charge in [0.1, 0.15) is 10.5 Å². The normalized spacial score (nSPS) is 15.0. The lowest BCUT2D eigenvalue weighted by atomic mass is 10.3. The van der Waals surface area contributed by atoms with Gasteiger partial charge in [-0.25, -0.2) is 0 Å². The Bertz CT molecular complexity index is 60.0. The Morgan fingerprint density at radius 2 is 2.25 bits per heavy atom. The summed E-state index contributed by atoms with van der Waals surface area (Å²) in [5.41, 5.74) is 0. The molecule has 50 valence electrons. The van der Waals surface area contributed by atoms with Crippen LogP contribution in [0.3, 0.4) is 0 Å². The molecule has 0 aromatic heterocycles. The van der Waals surface area contributed by atoms with Crippen molar-refractivity contribution in [3.05, 3.63) is 0 Å². The van der Waals surface area contributed by atoms with Crippen molar-refractivity contribution in [2.75, 3.05) is 0 Å². The summed E-state index contributed by atoms with van der Waals surface area (Å²) in [6.07, 6.45) is 0. The van der Waals surface area contributed by atoms with Gasteiger partial charge >= 0.3 is 0 Å². The van der Waals surface area contributed by atoms with Crippen LogP contribution >= 0.6 is 11.1 Å². The predicted octanol–water partition coefficient (Wildman–Crippen LogP) is 0.399. The fraction of sp³-hybridized carbons (Fsp3) is 1.00. The van der Waals surface area contributed by atoms with Crippen LogP contribution < -0.4 is 0 Å². The Morgan fingerprint density at radius 3 is 2.38 bits per heavy atom. The van der Waals surface area contributed by atoms with E-state index in [1.54, 1.807) is 0 Å². The molecule has 0 saturated carbocycles. The molecular weight excluding hydrogens is 156 g/mol. The zero-order valence-electron chi connectivity index (χ0n) is 5.65. The maximum atomic E-state index is 5.81. The number of hydrogen-bond donors (Lipinski definition) is 0. The molecule has 0 rings (SSSR count). The van der Waals surface area contributed by atoms with Crippen molar-refractivity contribution in [3.63, 3.8) is 0 Å². The van der Waals surface area contributed by atoms with Crippen LogP contribution in [-0.4, -0.2) is 18.8 Å². The molecule has 4 heteroatoms. The van der Waals surface area contributed by atoms with Gasteiger partial charge in [-0.2, -0.15) is 0 Å². The summed E-state index contributed by atoms with van der Waals surface area (Å²) in [5, 5.41) is 0.